The van der Waals surface area contributed by atoms with Crippen LogP contribution in [0.4, 0.5) is 0 Å². The van der Waals surface area contributed by atoms with Gasteiger partial charge in [0, 0.05) is 21.2 Å². The Kier molecular flexibility index (Phi) is 6.16. The van der Waals surface area contributed by atoms with Gasteiger partial charge in [-0.25, -0.2) is 4.79 Å². The van der Waals surface area contributed by atoms with Gasteiger partial charge in [-0.2, -0.15) is 5.10 Å². The molecule has 0 unspecified atom stereocenters. The molecule has 0 atom stereocenters. The minimum Gasteiger partial charge on any atom is -0.465 e. The van der Waals surface area contributed by atoms with Crippen molar-refractivity contribution < 1.29 is 13.9 Å². The van der Waals surface area contributed by atoms with E-state index in [0.717, 1.165) is 11.1 Å². The van der Waals surface area contributed by atoms with Crippen LogP contribution in [-0.4, -0.2) is 19.3 Å². The molecule has 7 heteroatoms. The third-order valence-corrected chi connectivity index (χ3v) is 4.53. The van der Waals surface area contributed by atoms with Crippen LogP contribution in [-0.2, 0) is 11.3 Å². The van der Waals surface area contributed by atoms with Crippen LogP contribution in [0.2, 0.25) is 10.0 Å². The largest absolute Gasteiger partial charge is 0.465 e. The molecule has 138 valence electrons. The number of benzene rings is 2. The third-order valence-electron chi connectivity index (χ3n) is 3.82. The molecule has 0 bridgehead atoms. The van der Waals surface area contributed by atoms with Crippen molar-refractivity contribution in [1.29, 1.82) is 0 Å². The number of carbonyl (C=O) groups is 1. The maximum atomic E-state index is 11.5. The van der Waals surface area contributed by atoms with Gasteiger partial charge in [-0.3, -0.25) is 0 Å². The molecule has 0 spiro atoms. The molecule has 27 heavy (non-hydrogen) atoms. The number of ether oxygens (including phenoxy) is 1. The Hall–Kier alpha value is -2.76. The van der Waals surface area contributed by atoms with Crippen molar-refractivity contribution in [2.24, 2.45) is 5.10 Å². The number of furan rings is 1. The average molecular weight is 403 g/mol. The Morgan fingerprint density at radius 1 is 1.11 bits per heavy atom. The second-order valence-electron chi connectivity index (χ2n) is 5.56. The van der Waals surface area contributed by atoms with Crippen LogP contribution in [0, 0.1) is 0 Å². The minimum atomic E-state index is -0.376. The molecule has 0 saturated heterocycles. The van der Waals surface area contributed by atoms with Gasteiger partial charge in [0.15, 0.2) is 0 Å². The molecule has 0 aliphatic carbocycles. The van der Waals surface area contributed by atoms with Gasteiger partial charge in [0.2, 0.25) is 0 Å². The number of hydrogen-bond donors (Lipinski definition) is 1. The summed E-state index contributed by atoms with van der Waals surface area (Å²) in [6.45, 7) is 0.400. The molecule has 1 aromatic heterocycles. The second kappa shape index (κ2) is 8.75. The Morgan fingerprint density at radius 2 is 1.81 bits per heavy atom. The summed E-state index contributed by atoms with van der Waals surface area (Å²) in [5.41, 5.74) is 5.01. The van der Waals surface area contributed by atoms with E-state index in [1.165, 1.54) is 7.11 Å². The summed E-state index contributed by atoms with van der Waals surface area (Å²) < 4.78 is 10.4. The molecule has 5 nitrogen and oxygen atoms in total. The molecule has 1 heterocycles. The molecule has 0 aliphatic rings. The fourth-order valence-electron chi connectivity index (χ4n) is 2.40. The van der Waals surface area contributed by atoms with Crippen LogP contribution in [0.1, 0.15) is 21.7 Å². The van der Waals surface area contributed by atoms with E-state index < -0.39 is 0 Å². The van der Waals surface area contributed by atoms with Gasteiger partial charge in [0.25, 0.3) is 0 Å². The van der Waals surface area contributed by atoms with Crippen molar-refractivity contribution in [1.82, 2.24) is 5.43 Å². The highest BCUT2D eigenvalue weighted by Crippen LogP contribution is 2.24. The van der Waals surface area contributed by atoms with E-state index in [2.05, 4.69) is 15.3 Å². The monoisotopic (exact) mass is 402 g/mol. The summed E-state index contributed by atoms with van der Waals surface area (Å²) in [7, 11) is 1.35. The number of nitrogens with one attached hydrogen (secondary N) is 1. The fraction of sp³-hybridized carbons (Fsp3) is 0.100. The summed E-state index contributed by atoms with van der Waals surface area (Å²) in [6, 6.07) is 15.9. The first-order valence-corrected chi connectivity index (χ1v) is 8.81. The molecule has 0 amide bonds. The van der Waals surface area contributed by atoms with Crippen LogP contribution >= 0.6 is 23.2 Å². The first kappa shape index (κ1) is 19.0. The smallest absolute Gasteiger partial charge is 0.337 e. The lowest BCUT2D eigenvalue weighted by molar-refractivity contribution is 0.0600. The summed E-state index contributed by atoms with van der Waals surface area (Å²) in [5.74, 6) is 0.875. The van der Waals surface area contributed by atoms with Crippen LogP contribution in [0.5, 0.6) is 0 Å². The van der Waals surface area contributed by atoms with Gasteiger partial charge >= 0.3 is 5.97 Å². The lowest BCUT2D eigenvalue weighted by Crippen LogP contribution is -2.06. The van der Waals surface area contributed by atoms with Crippen LogP contribution in [0.25, 0.3) is 11.3 Å². The van der Waals surface area contributed by atoms with Gasteiger partial charge in [-0.15, -0.1) is 0 Å². The van der Waals surface area contributed by atoms with Gasteiger partial charge < -0.3 is 14.6 Å². The van der Waals surface area contributed by atoms with Gasteiger partial charge in [-0.1, -0.05) is 41.4 Å². The molecule has 0 aliphatic heterocycles. The zero-order valence-corrected chi connectivity index (χ0v) is 15.9. The predicted octanol–water partition coefficient (Wildman–Crippen LogP) is 5.16. The van der Waals surface area contributed by atoms with E-state index in [-0.39, 0.29) is 5.97 Å². The molecule has 0 radical (unpaired) electrons. The van der Waals surface area contributed by atoms with E-state index in [0.29, 0.717) is 33.7 Å². The number of hydrogen-bond acceptors (Lipinski definition) is 5. The number of esters is 1. The standard InChI is InChI=1S/C20H16Cl2N2O3/c1-26-20(25)14-7-5-13(6-8-14)19-10-9-15(27-19)11-23-24-12-16-17(21)3-2-4-18(16)22/h2-11,24H,12H2,1H3/b23-11+. The van der Waals surface area contributed by atoms with E-state index in [1.807, 2.05) is 6.07 Å². The number of hydrazone groups is 1. The highest BCUT2D eigenvalue weighted by molar-refractivity contribution is 6.35. The number of halogens is 2. The summed E-state index contributed by atoms with van der Waals surface area (Å²) in [5, 5.41) is 5.30. The van der Waals surface area contributed by atoms with E-state index in [9.17, 15) is 4.79 Å². The lowest BCUT2D eigenvalue weighted by Gasteiger charge is -2.05. The highest BCUT2D eigenvalue weighted by atomic mass is 35.5. The normalized spacial score (nSPS) is 10.9. The lowest BCUT2D eigenvalue weighted by atomic mass is 10.1. The topological polar surface area (TPSA) is 63.8 Å². The maximum Gasteiger partial charge on any atom is 0.337 e. The van der Waals surface area contributed by atoms with Crippen LogP contribution < -0.4 is 5.43 Å². The molecule has 2 aromatic carbocycles. The minimum absolute atomic E-state index is 0.376. The first-order valence-electron chi connectivity index (χ1n) is 8.06. The predicted molar refractivity (Wildman–Crippen MR) is 106 cm³/mol. The zero-order chi connectivity index (χ0) is 19.2. The van der Waals surface area contributed by atoms with Crippen LogP contribution in [0.15, 0.2) is 64.1 Å². The Labute approximate surface area is 166 Å². The van der Waals surface area contributed by atoms with Crippen molar-refractivity contribution in [3.8, 4) is 11.3 Å². The molecular formula is C20H16Cl2N2O3. The molecule has 3 aromatic rings. The van der Waals surface area contributed by atoms with E-state index >= 15 is 0 Å². The quantitative estimate of drug-likeness (QED) is 0.351. The summed E-state index contributed by atoms with van der Waals surface area (Å²) in [4.78, 5) is 11.5. The Balaban J connectivity index is 1.62. The SMILES string of the molecule is COC(=O)c1ccc(-c2ccc(/C=N/NCc3c(Cl)cccc3Cl)o2)cc1. The van der Waals surface area contributed by atoms with Crippen molar-refractivity contribution in [2.45, 2.75) is 6.54 Å². The molecule has 0 fully saturated rings. The molecular weight excluding hydrogens is 387 g/mol. The van der Waals surface area contributed by atoms with Gasteiger partial charge in [0.1, 0.15) is 11.5 Å². The fourth-order valence-corrected chi connectivity index (χ4v) is 2.93. The van der Waals surface area contributed by atoms with Crippen molar-refractivity contribution in [2.75, 3.05) is 7.11 Å². The number of rotatable bonds is 6. The van der Waals surface area contributed by atoms with Crippen molar-refractivity contribution in [3.63, 3.8) is 0 Å². The first-order chi connectivity index (χ1) is 13.1. The molecule has 0 saturated carbocycles. The summed E-state index contributed by atoms with van der Waals surface area (Å²) >= 11 is 12.2. The summed E-state index contributed by atoms with van der Waals surface area (Å²) in [6.07, 6.45) is 1.57. The average Bonchev–Trinajstić information content (AvgIpc) is 3.15. The zero-order valence-electron chi connectivity index (χ0n) is 14.4. The van der Waals surface area contributed by atoms with Crippen molar-refractivity contribution >= 4 is 35.4 Å². The Bertz CT molecular complexity index is 945. The van der Waals surface area contributed by atoms with Gasteiger partial charge in [0.05, 0.1) is 25.4 Å². The van der Waals surface area contributed by atoms with Crippen LogP contribution in [0.3, 0.4) is 0 Å². The second-order valence-corrected chi connectivity index (χ2v) is 6.38. The van der Waals surface area contributed by atoms with E-state index in [1.54, 1.807) is 54.7 Å². The highest BCUT2D eigenvalue weighted by Gasteiger charge is 2.08. The Morgan fingerprint density at radius 3 is 2.48 bits per heavy atom. The third kappa shape index (κ3) is 4.70. The number of carbonyl (C=O) groups excluding carboxylic acids is 1. The van der Waals surface area contributed by atoms with Gasteiger partial charge in [-0.05, 0) is 36.4 Å². The van der Waals surface area contributed by atoms with Crippen molar-refractivity contribution in [3.05, 3.63) is 81.5 Å². The maximum absolute atomic E-state index is 11.5. The van der Waals surface area contributed by atoms with E-state index in [4.69, 9.17) is 27.6 Å². The number of methoxy groups -OCH3 is 1. The molecule has 3 rings (SSSR count). The number of nitrogens with zero attached hydrogens (tertiary/aromatic N) is 1. The molecule has 1 N–H and O–H groups in total.